The number of amides is 2. The molecule has 0 bridgehead atoms. The van der Waals surface area contributed by atoms with Crippen LogP contribution in [0.1, 0.15) is 34.5 Å². The molecule has 3 aromatic carbocycles. The van der Waals surface area contributed by atoms with Crippen LogP contribution in [-0.4, -0.2) is 40.8 Å². The Kier molecular flexibility index (Phi) is 5.42. The van der Waals surface area contributed by atoms with Gasteiger partial charge < -0.3 is 4.74 Å². The number of carbonyl (C=O) groups is 4. The smallest absolute Gasteiger partial charge is 0.308 e. The Morgan fingerprint density at radius 1 is 0.892 bits per heavy atom. The lowest BCUT2D eigenvalue weighted by Gasteiger charge is -2.33. The molecule has 0 saturated carbocycles. The van der Waals surface area contributed by atoms with Crippen LogP contribution < -0.4 is 9.64 Å². The average Bonchev–Trinajstić information content (AvgIpc) is 3.37. The summed E-state index contributed by atoms with van der Waals surface area (Å²) in [6.45, 7) is 1.29. The van der Waals surface area contributed by atoms with Crippen molar-refractivity contribution in [3.63, 3.8) is 0 Å². The number of nitrogens with zero attached hydrogens (tertiary/aromatic N) is 3. The van der Waals surface area contributed by atoms with Crippen LogP contribution in [0, 0.1) is 11.8 Å². The fraction of sp³-hybridized carbons (Fsp3) is 0.179. The van der Waals surface area contributed by atoms with Crippen molar-refractivity contribution in [3.8, 4) is 5.75 Å². The Labute approximate surface area is 217 Å². The van der Waals surface area contributed by atoms with E-state index in [0.29, 0.717) is 22.0 Å². The Balaban J connectivity index is 1.44. The Morgan fingerprint density at radius 3 is 2.27 bits per heavy atom. The molecular weight excluding hydrogens is 494 g/mol. The maximum Gasteiger partial charge on any atom is 0.308 e. The van der Waals surface area contributed by atoms with E-state index in [0.717, 1.165) is 16.0 Å². The van der Waals surface area contributed by atoms with E-state index < -0.39 is 41.7 Å². The summed E-state index contributed by atoms with van der Waals surface area (Å²) in [5, 5.41) is 6.66. The maximum atomic E-state index is 13.9. The molecule has 3 heterocycles. The van der Waals surface area contributed by atoms with Crippen molar-refractivity contribution in [3.05, 3.63) is 94.5 Å². The number of halogens is 1. The molecular formula is C28H20ClN3O5. The summed E-state index contributed by atoms with van der Waals surface area (Å²) in [4.78, 5) is 54.0. The van der Waals surface area contributed by atoms with Crippen molar-refractivity contribution in [1.29, 1.82) is 0 Å². The lowest BCUT2D eigenvalue weighted by atomic mass is 9.83. The lowest BCUT2D eigenvalue weighted by Crippen LogP contribution is -2.44. The molecule has 0 aliphatic carbocycles. The molecule has 3 aliphatic rings. The molecule has 184 valence electrons. The zero-order chi connectivity index (χ0) is 25.8. The quantitative estimate of drug-likeness (QED) is 0.226. The van der Waals surface area contributed by atoms with Gasteiger partial charge in [-0.2, -0.15) is 5.10 Å². The molecule has 2 amide bonds. The number of fused-ring (bicyclic) bond motifs is 5. The van der Waals surface area contributed by atoms with Gasteiger partial charge in [0.2, 0.25) is 11.8 Å². The highest BCUT2D eigenvalue weighted by molar-refractivity contribution is 6.30. The first-order chi connectivity index (χ1) is 17.8. The summed E-state index contributed by atoms with van der Waals surface area (Å²) in [5.74, 6) is -3.09. The molecule has 37 heavy (non-hydrogen) atoms. The van der Waals surface area contributed by atoms with Gasteiger partial charge in [0.05, 0.1) is 29.8 Å². The number of hydrogen-bond donors (Lipinski definition) is 0. The van der Waals surface area contributed by atoms with Crippen LogP contribution in [0.2, 0.25) is 5.02 Å². The van der Waals surface area contributed by atoms with Gasteiger partial charge in [0.1, 0.15) is 11.8 Å². The second kappa shape index (κ2) is 8.67. The summed E-state index contributed by atoms with van der Waals surface area (Å²) in [6, 6.07) is 18.6. The van der Waals surface area contributed by atoms with Gasteiger partial charge in [-0.3, -0.25) is 24.2 Å². The number of imide groups is 1. The van der Waals surface area contributed by atoms with E-state index >= 15 is 0 Å². The predicted octanol–water partition coefficient (Wildman–Crippen LogP) is 4.03. The first-order valence-electron chi connectivity index (χ1n) is 11.7. The van der Waals surface area contributed by atoms with Gasteiger partial charge in [-0.25, -0.2) is 4.90 Å². The second-order valence-corrected chi connectivity index (χ2v) is 9.60. The maximum absolute atomic E-state index is 13.9. The normalized spacial score (nSPS) is 23.5. The fourth-order valence-corrected chi connectivity index (χ4v) is 5.66. The van der Waals surface area contributed by atoms with Crippen LogP contribution in [0.4, 0.5) is 5.69 Å². The highest BCUT2D eigenvalue weighted by Gasteiger charge is 2.65. The summed E-state index contributed by atoms with van der Waals surface area (Å²) < 4.78 is 5.07. The van der Waals surface area contributed by atoms with E-state index in [1.165, 1.54) is 19.1 Å². The number of ketones is 1. The molecule has 0 radical (unpaired) electrons. The van der Waals surface area contributed by atoms with Crippen LogP contribution in [0.5, 0.6) is 5.75 Å². The van der Waals surface area contributed by atoms with Crippen molar-refractivity contribution < 1.29 is 23.9 Å². The average molecular weight is 514 g/mol. The third-order valence-electron chi connectivity index (χ3n) is 7.05. The summed E-state index contributed by atoms with van der Waals surface area (Å²) in [7, 11) is 0. The highest BCUT2D eigenvalue weighted by Crippen LogP contribution is 2.53. The van der Waals surface area contributed by atoms with Crippen molar-refractivity contribution in [1.82, 2.24) is 5.01 Å². The Hall–Kier alpha value is -4.30. The van der Waals surface area contributed by atoms with Crippen molar-refractivity contribution >= 4 is 47.1 Å². The molecule has 0 unspecified atom stereocenters. The van der Waals surface area contributed by atoms with Crippen molar-refractivity contribution in [2.45, 2.75) is 19.0 Å². The molecule has 0 N–H and O–H groups in total. The molecule has 3 aliphatic heterocycles. The first-order valence-corrected chi connectivity index (χ1v) is 12.1. The number of carbonyl (C=O) groups excluding carboxylic acids is 4. The standard InChI is InChI=1S/C28H20ClN3O5/c1-15(33)37-20-12-10-19(11-13-20)31-27(35)22-23(28(31)36)25(26(34)16-6-8-18(29)9-7-16)32-24(22)21-5-3-2-4-17(21)14-30-32/h2-14,22-25H,1H3/t22-,23+,24+,25-/m1/s1. The molecule has 9 heteroatoms. The number of hydrazone groups is 1. The monoisotopic (exact) mass is 513 g/mol. The summed E-state index contributed by atoms with van der Waals surface area (Å²) >= 11 is 6.02. The van der Waals surface area contributed by atoms with E-state index in [-0.39, 0.29) is 5.78 Å². The minimum absolute atomic E-state index is 0.299. The highest BCUT2D eigenvalue weighted by atomic mass is 35.5. The van der Waals surface area contributed by atoms with Gasteiger partial charge in [0.15, 0.2) is 5.78 Å². The lowest BCUT2D eigenvalue weighted by molar-refractivity contribution is -0.132. The second-order valence-electron chi connectivity index (χ2n) is 9.17. The van der Waals surface area contributed by atoms with E-state index in [2.05, 4.69) is 5.10 Å². The van der Waals surface area contributed by atoms with Crippen LogP contribution >= 0.6 is 11.6 Å². The first kappa shape index (κ1) is 23.1. The molecule has 2 saturated heterocycles. The minimum atomic E-state index is -0.970. The predicted molar refractivity (Wildman–Crippen MR) is 135 cm³/mol. The van der Waals surface area contributed by atoms with Gasteiger partial charge in [0, 0.05) is 17.5 Å². The van der Waals surface area contributed by atoms with Gasteiger partial charge in [-0.1, -0.05) is 35.9 Å². The third-order valence-corrected chi connectivity index (χ3v) is 7.30. The molecule has 0 aromatic heterocycles. The van der Waals surface area contributed by atoms with E-state index in [9.17, 15) is 19.2 Å². The van der Waals surface area contributed by atoms with Crippen molar-refractivity contribution in [2.24, 2.45) is 16.9 Å². The molecule has 2 fully saturated rings. The molecule has 4 atom stereocenters. The Bertz CT molecular complexity index is 1480. The van der Waals surface area contributed by atoms with Gasteiger partial charge in [0.25, 0.3) is 0 Å². The van der Waals surface area contributed by atoms with Crippen LogP contribution in [-0.2, 0) is 14.4 Å². The van der Waals surface area contributed by atoms with Crippen molar-refractivity contribution in [2.75, 3.05) is 4.90 Å². The number of Topliss-reactive ketones (excluding diaryl/α,β-unsaturated/α-hetero) is 1. The van der Waals surface area contributed by atoms with Crippen LogP contribution in [0.3, 0.4) is 0 Å². The zero-order valence-corrected chi connectivity index (χ0v) is 20.3. The number of ether oxygens (including phenoxy) is 1. The van der Waals surface area contributed by atoms with E-state index in [4.69, 9.17) is 16.3 Å². The molecule has 8 nitrogen and oxygen atoms in total. The molecule has 6 rings (SSSR count). The number of benzene rings is 3. The van der Waals surface area contributed by atoms with Gasteiger partial charge in [-0.15, -0.1) is 0 Å². The summed E-state index contributed by atoms with van der Waals surface area (Å²) in [5.41, 5.74) is 2.41. The SMILES string of the molecule is CC(=O)Oc1ccc(N2C(=O)[C@@H]3[C@H](C2=O)[C@H](C(=O)c2ccc(Cl)cc2)N2N=Cc4ccccc4[C@@H]32)cc1. The number of anilines is 1. The topological polar surface area (TPSA) is 96.3 Å². The third kappa shape index (κ3) is 3.64. The van der Waals surface area contributed by atoms with Gasteiger partial charge >= 0.3 is 5.97 Å². The van der Waals surface area contributed by atoms with E-state index in [1.807, 2.05) is 24.3 Å². The largest absolute Gasteiger partial charge is 0.427 e. The Morgan fingerprint density at radius 2 is 1.57 bits per heavy atom. The number of rotatable bonds is 4. The number of esters is 1. The molecule has 3 aromatic rings. The van der Waals surface area contributed by atoms with Crippen LogP contribution in [0.25, 0.3) is 0 Å². The minimum Gasteiger partial charge on any atom is -0.427 e. The number of hydrogen-bond acceptors (Lipinski definition) is 7. The fourth-order valence-electron chi connectivity index (χ4n) is 5.54. The van der Waals surface area contributed by atoms with Crippen LogP contribution in [0.15, 0.2) is 77.9 Å². The van der Waals surface area contributed by atoms with E-state index in [1.54, 1.807) is 47.6 Å². The van der Waals surface area contributed by atoms with Gasteiger partial charge in [-0.05, 0) is 59.7 Å². The summed E-state index contributed by atoms with van der Waals surface area (Å²) in [6.07, 6.45) is 1.66. The molecule has 0 spiro atoms. The zero-order valence-electron chi connectivity index (χ0n) is 19.6.